The molecule has 1 aliphatic carbocycles. The highest BCUT2D eigenvalue weighted by molar-refractivity contribution is 7.23. The van der Waals surface area contributed by atoms with Crippen molar-refractivity contribution in [2.24, 2.45) is 0 Å². The van der Waals surface area contributed by atoms with Crippen molar-refractivity contribution in [1.82, 2.24) is 0 Å². The molecule has 1 aromatic heterocycles. The lowest BCUT2D eigenvalue weighted by Gasteiger charge is -2.20. The van der Waals surface area contributed by atoms with E-state index in [0.717, 1.165) is 0 Å². The molecule has 0 aliphatic heterocycles. The Bertz CT molecular complexity index is 2990. The first-order valence-corrected chi connectivity index (χ1v) is 19.2. The molecular weight excluding hydrogens is 657 g/mol. The lowest BCUT2D eigenvalue weighted by atomic mass is 9.82. The quantitative estimate of drug-likeness (QED) is 0.172. The van der Waals surface area contributed by atoms with Crippen molar-refractivity contribution in [1.29, 1.82) is 0 Å². The average Bonchev–Trinajstić information content (AvgIpc) is 3.80. The summed E-state index contributed by atoms with van der Waals surface area (Å²) < 4.78 is 1.34. The van der Waals surface area contributed by atoms with Gasteiger partial charge < -0.3 is 0 Å². The third-order valence-electron chi connectivity index (χ3n) is 11.4. The van der Waals surface area contributed by atoms with Crippen LogP contribution in [0.5, 0.6) is 0 Å². The minimum atomic E-state index is 1.26. The van der Waals surface area contributed by atoms with Gasteiger partial charge in [0.05, 0.1) is 0 Å². The normalized spacial score (nSPS) is 12.0. The van der Waals surface area contributed by atoms with Gasteiger partial charge in [-0.05, 0) is 114 Å². The molecule has 1 aliphatic rings. The number of benzene rings is 9. The second-order valence-electron chi connectivity index (χ2n) is 14.5. The number of aryl methyl sites for hydroxylation is 2. The minimum Gasteiger partial charge on any atom is -0.135 e. The van der Waals surface area contributed by atoms with Crippen LogP contribution in [0, 0.1) is 13.8 Å². The highest BCUT2D eigenvalue weighted by Gasteiger charge is 2.31. The maximum Gasteiger partial charge on any atom is 0.0434 e. The first-order chi connectivity index (χ1) is 26.1. The first-order valence-electron chi connectivity index (χ1n) is 18.4. The van der Waals surface area contributed by atoms with Crippen LogP contribution in [-0.2, 0) is 0 Å². The maximum absolute atomic E-state index is 2.43. The summed E-state index contributed by atoms with van der Waals surface area (Å²) in [5, 5.41) is 9.13. The molecule has 0 saturated carbocycles. The summed E-state index contributed by atoms with van der Waals surface area (Å²) in [5.74, 6) is 0. The van der Waals surface area contributed by atoms with Gasteiger partial charge in [-0.3, -0.25) is 0 Å². The van der Waals surface area contributed by atoms with Crippen molar-refractivity contribution in [3.05, 3.63) is 181 Å². The van der Waals surface area contributed by atoms with Gasteiger partial charge in [-0.15, -0.1) is 11.3 Å². The summed E-state index contributed by atoms with van der Waals surface area (Å²) in [6, 6.07) is 63.6. The van der Waals surface area contributed by atoms with E-state index in [1.807, 2.05) is 11.3 Å². The monoisotopic (exact) mass is 690 g/mol. The molecule has 0 saturated heterocycles. The smallest absolute Gasteiger partial charge is 0.0434 e. The summed E-state index contributed by atoms with van der Waals surface area (Å²) in [5.41, 5.74) is 16.8. The van der Waals surface area contributed by atoms with E-state index in [0.29, 0.717) is 0 Å². The Morgan fingerprint density at radius 3 is 1.55 bits per heavy atom. The molecule has 0 amide bonds. The SMILES string of the molecule is Cc1ccc(-c2c3c(c(-c4ccc(C)cc4)c4ccccc24)-c2ccc(-c4cc5ccccc5c5cc(-c6ccccc6)sc45)c4cccc-3c24)cc1. The molecule has 0 bridgehead atoms. The molecule has 10 aromatic rings. The number of thiophene rings is 1. The third kappa shape index (κ3) is 4.54. The van der Waals surface area contributed by atoms with Crippen molar-refractivity contribution in [2.75, 3.05) is 0 Å². The minimum absolute atomic E-state index is 1.26. The van der Waals surface area contributed by atoms with Crippen LogP contribution in [0.2, 0.25) is 0 Å². The summed E-state index contributed by atoms with van der Waals surface area (Å²) in [6.45, 7) is 4.34. The summed E-state index contributed by atoms with van der Waals surface area (Å²) in [7, 11) is 0. The van der Waals surface area contributed by atoms with Gasteiger partial charge in [-0.1, -0.05) is 169 Å². The largest absolute Gasteiger partial charge is 0.135 e. The molecule has 11 rings (SSSR count). The fourth-order valence-corrected chi connectivity index (χ4v) is 10.1. The molecule has 0 radical (unpaired) electrons. The van der Waals surface area contributed by atoms with Gasteiger partial charge in [0.25, 0.3) is 0 Å². The molecule has 248 valence electrons. The van der Waals surface area contributed by atoms with Crippen LogP contribution in [0.15, 0.2) is 170 Å². The lowest BCUT2D eigenvalue weighted by molar-refractivity contribution is 1.47. The molecule has 53 heavy (non-hydrogen) atoms. The Morgan fingerprint density at radius 2 is 0.887 bits per heavy atom. The van der Waals surface area contributed by atoms with Gasteiger partial charge in [-0.25, -0.2) is 0 Å². The van der Waals surface area contributed by atoms with Gasteiger partial charge in [0.2, 0.25) is 0 Å². The molecule has 0 N–H and O–H groups in total. The number of rotatable bonds is 4. The molecule has 9 aromatic carbocycles. The Hall–Kier alpha value is -6.28. The zero-order valence-corrected chi connectivity index (χ0v) is 30.4. The third-order valence-corrected chi connectivity index (χ3v) is 12.6. The average molecular weight is 691 g/mol. The number of fused-ring (bicyclic) bond motifs is 7. The zero-order valence-electron chi connectivity index (χ0n) is 29.6. The van der Waals surface area contributed by atoms with Gasteiger partial charge in [0.15, 0.2) is 0 Å². The van der Waals surface area contributed by atoms with E-state index in [-0.39, 0.29) is 0 Å². The van der Waals surface area contributed by atoms with Crippen LogP contribution >= 0.6 is 11.3 Å². The molecule has 0 fully saturated rings. The van der Waals surface area contributed by atoms with E-state index in [2.05, 4.69) is 184 Å². The predicted molar refractivity (Wildman–Crippen MR) is 230 cm³/mol. The standard InChI is InChI=1S/C52H34S/c1-31-19-23-34(24-20-31)47-40-15-8-9-16-41(40)48(35-25-21-32(2)22-26-35)51-43-28-27-38(39-17-10-18-42(49(39)43)50(47)51)44-29-36-13-6-7-14-37(36)45-30-46(53-52(44)45)33-11-4-3-5-12-33/h3-30H,1-2H3. The predicted octanol–water partition coefficient (Wildman–Crippen LogP) is 15.3. The van der Waals surface area contributed by atoms with Gasteiger partial charge in [0, 0.05) is 20.5 Å². The van der Waals surface area contributed by atoms with Crippen LogP contribution in [0.1, 0.15) is 11.1 Å². The van der Waals surface area contributed by atoms with Crippen LogP contribution in [-0.4, -0.2) is 0 Å². The van der Waals surface area contributed by atoms with Gasteiger partial charge in [-0.2, -0.15) is 0 Å². The number of hydrogen-bond acceptors (Lipinski definition) is 1. The zero-order chi connectivity index (χ0) is 35.2. The fourth-order valence-electron chi connectivity index (χ4n) is 8.90. The summed E-state index contributed by atoms with van der Waals surface area (Å²) >= 11 is 1.91. The molecule has 0 atom stereocenters. The maximum atomic E-state index is 2.43. The van der Waals surface area contributed by atoms with Crippen LogP contribution in [0.25, 0.3) is 108 Å². The molecular formula is C52H34S. The van der Waals surface area contributed by atoms with Gasteiger partial charge >= 0.3 is 0 Å². The van der Waals surface area contributed by atoms with E-state index in [1.165, 1.54) is 120 Å². The lowest BCUT2D eigenvalue weighted by Crippen LogP contribution is -1.93. The Morgan fingerprint density at radius 1 is 0.340 bits per heavy atom. The molecule has 1 heterocycles. The van der Waals surface area contributed by atoms with Crippen molar-refractivity contribution in [2.45, 2.75) is 13.8 Å². The van der Waals surface area contributed by atoms with Crippen LogP contribution < -0.4 is 0 Å². The first kappa shape index (κ1) is 30.4. The van der Waals surface area contributed by atoms with E-state index >= 15 is 0 Å². The van der Waals surface area contributed by atoms with Gasteiger partial charge in [0.1, 0.15) is 0 Å². The second-order valence-corrected chi connectivity index (χ2v) is 15.6. The van der Waals surface area contributed by atoms with Crippen molar-refractivity contribution in [3.63, 3.8) is 0 Å². The van der Waals surface area contributed by atoms with Crippen molar-refractivity contribution >= 4 is 53.7 Å². The Balaban J connectivity index is 1.26. The molecule has 1 heteroatoms. The summed E-state index contributed by atoms with van der Waals surface area (Å²) in [4.78, 5) is 1.30. The van der Waals surface area contributed by atoms with Crippen molar-refractivity contribution < 1.29 is 0 Å². The van der Waals surface area contributed by atoms with Crippen LogP contribution in [0.3, 0.4) is 0 Å². The topological polar surface area (TPSA) is 0 Å². The molecule has 0 nitrogen and oxygen atoms in total. The second kappa shape index (κ2) is 11.6. The molecule has 0 unspecified atom stereocenters. The van der Waals surface area contributed by atoms with E-state index in [9.17, 15) is 0 Å². The van der Waals surface area contributed by atoms with E-state index in [1.54, 1.807) is 0 Å². The van der Waals surface area contributed by atoms with E-state index in [4.69, 9.17) is 0 Å². The Kier molecular flexibility index (Phi) is 6.65. The fraction of sp³-hybridized carbons (Fsp3) is 0.0385. The molecule has 0 spiro atoms. The van der Waals surface area contributed by atoms with Crippen molar-refractivity contribution in [3.8, 4) is 66.1 Å². The highest BCUT2D eigenvalue weighted by Crippen LogP contribution is 2.59. The highest BCUT2D eigenvalue weighted by atomic mass is 32.1. The summed E-state index contributed by atoms with van der Waals surface area (Å²) in [6.07, 6.45) is 0. The van der Waals surface area contributed by atoms with Crippen LogP contribution in [0.4, 0.5) is 0 Å². The Labute approximate surface area is 313 Å². The number of hydrogen-bond donors (Lipinski definition) is 0. The van der Waals surface area contributed by atoms with E-state index < -0.39 is 0 Å².